The molecule has 134 valence electrons. The minimum atomic E-state index is 0. The second-order valence-electron chi connectivity index (χ2n) is 5.33. The number of rotatable bonds is 7. The first kappa shape index (κ1) is 20.5. The zero-order valence-corrected chi connectivity index (χ0v) is 17.3. The molecular weight excluding hydrogens is 417 g/mol. The number of nitrogens with zero attached hydrogens (tertiary/aromatic N) is 3. The standard InChI is InChI=1S/C17H27N5O.HI/c1-5-15-14(16(6-2)22(4)21-15)12-20-17(18-7-3)19-11-13-9-8-10-23-13;/h8-10H,5-7,11-12H2,1-4H3,(H2,18,19,20);1H. The molecule has 0 unspecified atom stereocenters. The molecule has 2 rings (SSSR count). The van der Waals surface area contributed by atoms with E-state index in [-0.39, 0.29) is 24.0 Å². The predicted molar refractivity (Wildman–Crippen MR) is 108 cm³/mol. The van der Waals surface area contributed by atoms with Crippen LogP contribution >= 0.6 is 24.0 Å². The number of aliphatic imine (C=N–C) groups is 1. The van der Waals surface area contributed by atoms with Gasteiger partial charge >= 0.3 is 0 Å². The molecule has 0 amide bonds. The van der Waals surface area contributed by atoms with E-state index in [9.17, 15) is 0 Å². The van der Waals surface area contributed by atoms with Gasteiger partial charge in [0.15, 0.2) is 5.96 Å². The quantitative estimate of drug-likeness (QED) is 0.391. The van der Waals surface area contributed by atoms with Gasteiger partial charge in [0.1, 0.15) is 5.76 Å². The summed E-state index contributed by atoms with van der Waals surface area (Å²) in [5, 5.41) is 11.2. The number of furan rings is 1. The number of hydrogen-bond donors (Lipinski definition) is 2. The summed E-state index contributed by atoms with van der Waals surface area (Å²) >= 11 is 0. The molecule has 0 saturated carbocycles. The average molecular weight is 445 g/mol. The van der Waals surface area contributed by atoms with E-state index < -0.39 is 0 Å². The van der Waals surface area contributed by atoms with Gasteiger partial charge in [-0.1, -0.05) is 13.8 Å². The van der Waals surface area contributed by atoms with Crippen molar-refractivity contribution in [2.45, 2.75) is 46.7 Å². The minimum Gasteiger partial charge on any atom is -0.467 e. The second-order valence-corrected chi connectivity index (χ2v) is 5.33. The maximum Gasteiger partial charge on any atom is 0.191 e. The number of nitrogens with one attached hydrogen (secondary N) is 2. The van der Waals surface area contributed by atoms with Gasteiger partial charge < -0.3 is 15.1 Å². The van der Waals surface area contributed by atoms with E-state index in [1.165, 1.54) is 11.3 Å². The summed E-state index contributed by atoms with van der Waals surface area (Å²) in [6.07, 6.45) is 3.57. The largest absolute Gasteiger partial charge is 0.467 e. The summed E-state index contributed by atoms with van der Waals surface area (Å²) in [7, 11) is 2.01. The number of hydrogen-bond acceptors (Lipinski definition) is 3. The number of halogens is 1. The third kappa shape index (κ3) is 5.25. The van der Waals surface area contributed by atoms with Crippen LogP contribution in [0.25, 0.3) is 0 Å². The van der Waals surface area contributed by atoms with Gasteiger partial charge in [-0.2, -0.15) is 5.10 Å². The van der Waals surface area contributed by atoms with E-state index in [4.69, 9.17) is 9.41 Å². The summed E-state index contributed by atoms with van der Waals surface area (Å²) in [5.41, 5.74) is 3.63. The highest BCUT2D eigenvalue weighted by molar-refractivity contribution is 14.0. The van der Waals surface area contributed by atoms with Crippen molar-refractivity contribution in [2.24, 2.45) is 12.0 Å². The lowest BCUT2D eigenvalue weighted by atomic mass is 10.1. The summed E-state index contributed by atoms with van der Waals surface area (Å²) in [6.45, 7) is 8.42. The molecule has 0 bridgehead atoms. The minimum absolute atomic E-state index is 0. The Morgan fingerprint density at radius 1 is 1.25 bits per heavy atom. The smallest absolute Gasteiger partial charge is 0.191 e. The molecule has 0 aliphatic heterocycles. The number of guanidine groups is 1. The van der Waals surface area contributed by atoms with Gasteiger partial charge in [-0.05, 0) is 31.9 Å². The first-order chi connectivity index (χ1) is 11.2. The summed E-state index contributed by atoms with van der Waals surface area (Å²) in [5.74, 6) is 1.68. The monoisotopic (exact) mass is 445 g/mol. The molecule has 2 aromatic heterocycles. The third-order valence-electron chi connectivity index (χ3n) is 3.78. The Morgan fingerprint density at radius 3 is 2.62 bits per heavy atom. The van der Waals surface area contributed by atoms with Crippen LogP contribution in [-0.2, 0) is 33.0 Å². The topological polar surface area (TPSA) is 67.4 Å². The summed E-state index contributed by atoms with van der Waals surface area (Å²) < 4.78 is 7.32. The van der Waals surface area contributed by atoms with E-state index >= 15 is 0 Å². The molecule has 0 saturated heterocycles. The van der Waals surface area contributed by atoms with Crippen molar-refractivity contribution in [2.75, 3.05) is 6.54 Å². The van der Waals surface area contributed by atoms with Crippen LogP contribution in [0.3, 0.4) is 0 Å². The number of aromatic nitrogens is 2. The van der Waals surface area contributed by atoms with Crippen LogP contribution in [0.1, 0.15) is 43.5 Å². The maximum absolute atomic E-state index is 5.34. The van der Waals surface area contributed by atoms with Crippen molar-refractivity contribution in [3.63, 3.8) is 0 Å². The highest BCUT2D eigenvalue weighted by Gasteiger charge is 2.13. The average Bonchev–Trinajstić information content (AvgIpc) is 3.17. The van der Waals surface area contributed by atoms with E-state index in [1.807, 2.05) is 23.9 Å². The van der Waals surface area contributed by atoms with Gasteiger partial charge in [0.25, 0.3) is 0 Å². The molecule has 6 nitrogen and oxygen atoms in total. The van der Waals surface area contributed by atoms with E-state index in [0.717, 1.165) is 36.8 Å². The SMILES string of the molecule is CCNC(=NCc1c(CC)nn(C)c1CC)NCc1ccco1.I. The molecule has 0 fully saturated rings. The van der Waals surface area contributed by atoms with Crippen LogP contribution in [0.15, 0.2) is 27.8 Å². The first-order valence-electron chi connectivity index (χ1n) is 8.27. The van der Waals surface area contributed by atoms with Crippen LogP contribution in [-0.4, -0.2) is 22.3 Å². The van der Waals surface area contributed by atoms with Crippen LogP contribution in [0, 0.1) is 0 Å². The van der Waals surface area contributed by atoms with Gasteiger partial charge in [-0.15, -0.1) is 24.0 Å². The van der Waals surface area contributed by atoms with Gasteiger partial charge in [0.2, 0.25) is 0 Å². The lowest BCUT2D eigenvalue weighted by Gasteiger charge is -2.10. The van der Waals surface area contributed by atoms with Gasteiger partial charge in [0.05, 0.1) is 25.0 Å². The first-order valence-corrected chi connectivity index (χ1v) is 8.27. The molecule has 2 N–H and O–H groups in total. The fourth-order valence-electron chi connectivity index (χ4n) is 2.66. The van der Waals surface area contributed by atoms with Gasteiger partial charge in [0, 0.05) is 24.8 Å². The molecule has 24 heavy (non-hydrogen) atoms. The zero-order chi connectivity index (χ0) is 16.7. The van der Waals surface area contributed by atoms with E-state index in [0.29, 0.717) is 13.1 Å². The zero-order valence-electron chi connectivity index (χ0n) is 14.9. The number of aryl methyl sites for hydroxylation is 2. The second kappa shape index (κ2) is 10.4. The van der Waals surface area contributed by atoms with Crippen LogP contribution in [0.2, 0.25) is 0 Å². The van der Waals surface area contributed by atoms with Crippen molar-refractivity contribution in [1.82, 2.24) is 20.4 Å². The predicted octanol–water partition coefficient (Wildman–Crippen LogP) is 3.01. The van der Waals surface area contributed by atoms with Gasteiger partial charge in [-0.3, -0.25) is 4.68 Å². The fraction of sp³-hybridized carbons (Fsp3) is 0.529. The van der Waals surface area contributed by atoms with Crippen molar-refractivity contribution in [3.05, 3.63) is 41.1 Å². The van der Waals surface area contributed by atoms with Gasteiger partial charge in [-0.25, -0.2) is 4.99 Å². The molecule has 7 heteroatoms. The molecule has 0 aliphatic rings. The normalized spacial score (nSPS) is 11.2. The Balaban J connectivity index is 0.00000288. The summed E-state index contributed by atoms with van der Waals surface area (Å²) in [6, 6.07) is 3.83. The third-order valence-corrected chi connectivity index (χ3v) is 3.78. The molecule has 0 aliphatic carbocycles. The lowest BCUT2D eigenvalue weighted by Crippen LogP contribution is -2.36. The molecule has 0 atom stereocenters. The highest BCUT2D eigenvalue weighted by atomic mass is 127. The van der Waals surface area contributed by atoms with Crippen molar-refractivity contribution in [1.29, 1.82) is 0 Å². The van der Waals surface area contributed by atoms with Crippen molar-refractivity contribution >= 4 is 29.9 Å². The Morgan fingerprint density at radius 2 is 2.04 bits per heavy atom. The molecular formula is C17H28IN5O. The summed E-state index contributed by atoms with van der Waals surface area (Å²) in [4.78, 5) is 4.71. The van der Waals surface area contributed by atoms with E-state index in [1.54, 1.807) is 6.26 Å². The molecule has 0 spiro atoms. The molecule has 0 aromatic carbocycles. The lowest BCUT2D eigenvalue weighted by molar-refractivity contribution is 0.501. The van der Waals surface area contributed by atoms with E-state index in [2.05, 4.69) is 36.5 Å². The molecule has 2 aromatic rings. The Hall–Kier alpha value is -1.51. The maximum atomic E-state index is 5.34. The van der Waals surface area contributed by atoms with Crippen LogP contribution in [0.5, 0.6) is 0 Å². The Bertz CT molecular complexity index is 634. The van der Waals surface area contributed by atoms with Crippen molar-refractivity contribution in [3.8, 4) is 0 Å². The Kier molecular flexibility index (Phi) is 8.88. The van der Waals surface area contributed by atoms with Crippen LogP contribution in [0.4, 0.5) is 0 Å². The Labute approximate surface area is 161 Å². The molecule has 2 heterocycles. The highest BCUT2D eigenvalue weighted by Crippen LogP contribution is 2.16. The van der Waals surface area contributed by atoms with Crippen LogP contribution < -0.4 is 10.6 Å². The van der Waals surface area contributed by atoms with Crippen molar-refractivity contribution < 1.29 is 4.42 Å². The fourth-order valence-corrected chi connectivity index (χ4v) is 2.66. The molecule has 0 radical (unpaired) electrons.